The summed E-state index contributed by atoms with van der Waals surface area (Å²) >= 11 is 0. The van der Waals surface area contributed by atoms with E-state index in [1.807, 2.05) is 24.3 Å². The first-order chi connectivity index (χ1) is 13.6. The number of aryl methyl sites for hydroxylation is 1. The molecule has 2 aromatic rings. The number of anilines is 1. The average molecular weight is 451 g/mol. The van der Waals surface area contributed by atoms with Gasteiger partial charge >= 0.3 is 0 Å². The first kappa shape index (κ1) is 24.5. The van der Waals surface area contributed by atoms with Crippen LogP contribution in [0.4, 0.5) is 5.69 Å². The van der Waals surface area contributed by atoms with Crippen LogP contribution in [0.2, 0.25) is 0 Å². The van der Waals surface area contributed by atoms with Gasteiger partial charge in [0.05, 0.1) is 6.04 Å². The van der Waals surface area contributed by atoms with Crippen LogP contribution in [0.15, 0.2) is 48.5 Å². The number of piperazine rings is 1. The minimum absolute atomic E-state index is 0. The second kappa shape index (κ2) is 11.0. The third-order valence-corrected chi connectivity index (χ3v) is 6.06. The normalized spacial score (nSPS) is 20.2. The first-order valence-corrected chi connectivity index (χ1v) is 10.3. The Labute approximate surface area is 191 Å². The number of nitrogens with zero attached hydrogens (tertiary/aromatic N) is 2. The summed E-state index contributed by atoms with van der Waals surface area (Å²) in [6.45, 7) is 3.78. The number of hydrogen-bond donors (Lipinski definition) is 2. The predicted molar refractivity (Wildman–Crippen MR) is 127 cm³/mol. The number of carbonyl (C=O) groups is 1. The zero-order valence-electron chi connectivity index (χ0n) is 17.4. The van der Waals surface area contributed by atoms with Crippen molar-refractivity contribution in [1.29, 1.82) is 0 Å². The van der Waals surface area contributed by atoms with Crippen molar-refractivity contribution in [3.8, 4) is 0 Å². The van der Waals surface area contributed by atoms with Crippen molar-refractivity contribution < 1.29 is 4.79 Å². The minimum atomic E-state index is -0.242. The molecule has 30 heavy (non-hydrogen) atoms. The maximum absolute atomic E-state index is 13.5. The zero-order chi connectivity index (χ0) is 19.5. The predicted octanol–water partition coefficient (Wildman–Crippen LogP) is 3.59. The molecule has 0 radical (unpaired) electrons. The molecule has 0 aromatic heterocycles. The van der Waals surface area contributed by atoms with Crippen LogP contribution in [0, 0.1) is 0 Å². The second-order valence-corrected chi connectivity index (χ2v) is 8.06. The summed E-state index contributed by atoms with van der Waals surface area (Å²) < 4.78 is 0. The molecule has 2 atom stereocenters. The largest absolute Gasteiger partial charge is 0.399 e. The molecule has 1 heterocycles. The topological polar surface area (TPSA) is 61.6 Å². The molecule has 5 nitrogen and oxygen atoms in total. The Hall–Kier alpha value is -1.79. The van der Waals surface area contributed by atoms with Gasteiger partial charge in [-0.15, -0.1) is 24.8 Å². The van der Waals surface area contributed by atoms with Crippen molar-refractivity contribution in [2.75, 3.05) is 39.0 Å². The Balaban J connectivity index is 0.00000160. The lowest BCUT2D eigenvalue weighted by molar-refractivity contribution is -0.128. The number of fused-ring (bicyclic) bond motifs is 1. The van der Waals surface area contributed by atoms with Gasteiger partial charge < -0.3 is 16.0 Å². The minimum Gasteiger partial charge on any atom is -0.399 e. The highest BCUT2D eigenvalue weighted by Crippen LogP contribution is 2.32. The summed E-state index contributed by atoms with van der Waals surface area (Å²) in [5.74, 6) is 0.102. The van der Waals surface area contributed by atoms with E-state index in [1.165, 1.54) is 11.1 Å². The molecule has 2 aliphatic rings. The number of halogens is 2. The molecule has 3 N–H and O–H groups in total. The van der Waals surface area contributed by atoms with Crippen molar-refractivity contribution in [3.63, 3.8) is 0 Å². The fourth-order valence-electron chi connectivity index (χ4n) is 4.48. The van der Waals surface area contributed by atoms with E-state index in [2.05, 4.69) is 46.4 Å². The summed E-state index contributed by atoms with van der Waals surface area (Å²) in [4.78, 5) is 18.1. The van der Waals surface area contributed by atoms with Gasteiger partial charge in [0.15, 0.2) is 0 Å². The molecule has 1 amide bonds. The van der Waals surface area contributed by atoms with Crippen molar-refractivity contribution >= 4 is 36.4 Å². The van der Waals surface area contributed by atoms with Crippen molar-refractivity contribution in [2.24, 2.45) is 0 Å². The van der Waals surface area contributed by atoms with E-state index in [0.29, 0.717) is 0 Å². The molecule has 7 heteroatoms. The van der Waals surface area contributed by atoms with E-state index in [1.54, 1.807) is 0 Å². The monoisotopic (exact) mass is 450 g/mol. The van der Waals surface area contributed by atoms with Gasteiger partial charge in [0, 0.05) is 31.9 Å². The number of nitrogen functional groups attached to an aromatic ring is 1. The quantitative estimate of drug-likeness (QED) is 0.698. The van der Waals surface area contributed by atoms with Crippen LogP contribution in [0.1, 0.15) is 41.6 Å². The Morgan fingerprint density at radius 3 is 2.47 bits per heavy atom. The van der Waals surface area contributed by atoms with E-state index in [-0.39, 0.29) is 42.8 Å². The number of amides is 1. The molecule has 2 aromatic carbocycles. The van der Waals surface area contributed by atoms with Gasteiger partial charge in [0.1, 0.15) is 6.04 Å². The van der Waals surface area contributed by atoms with Gasteiger partial charge in [-0.1, -0.05) is 36.4 Å². The fourth-order valence-corrected chi connectivity index (χ4v) is 4.48. The molecular weight excluding hydrogens is 419 g/mol. The van der Waals surface area contributed by atoms with Crippen LogP contribution in [-0.2, 0) is 11.2 Å². The highest BCUT2D eigenvalue weighted by Gasteiger charge is 2.32. The van der Waals surface area contributed by atoms with Gasteiger partial charge in [-0.25, -0.2) is 0 Å². The lowest BCUT2D eigenvalue weighted by Gasteiger charge is -2.38. The lowest BCUT2D eigenvalue weighted by atomic mass is 9.87. The van der Waals surface area contributed by atoms with E-state index in [9.17, 15) is 4.79 Å². The van der Waals surface area contributed by atoms with Gasteiger partial charge in [-0.2, -0.15) is 0 Å². The summed E-state index contributed by atoms with van der Waals surface area (Å²) in [5.41, 5.74) is 10.3. The third kappa shape index (κ3) is 5.46. The van der Waals surface area contributed by atoms with Gasteiger partial charge in [-0.05, 0) is 55.1 Å². The van der Waals surface area contributed by atoms with E-state index >= 15 is 0 Å². The number of nitrogens with one attached hydrogen (secondary N) is 1. The molecule has 1 aliphatic carbocycles. The van der Waals surface area contributed by atoms with Crippen LogP contribution in [0.25, 0.3) is 0 Å². The van der Waals surface area contributed by atoms with Gasteiger partial charge in [0.25, 0.3) is 0 Å². The van der Waals surface area contributed by atoms with E-state index in [0.717, 1.165) is 56.7 Å². The smallest absolute Gasteiger partial charge is 0.242 e. The highest BCUT2D eigenvalue weighted by atomic mass is 35.5. The Morgan fingerprint density at radius 1 is 1.07 bits per heavy atom. The third-order valence-electron chi connectivity index (χ3n) is 6.06. The summed E-state index contributed by atoms with van der Waals surface area (Å²) in [5, 5.41) is 3.37. The molecule has 1 saturated heterocycles. The highest BCUT2D eigenvalue weighted by molar-refractivity contribution is 5.85. The van der Waals surface area contributed by atoms with E-state index < -0.39 is 0 Å². The van der Waals surface area contributed by atoms with Crippen LogP contribution in [0.5, 0.6) is 0 Å². The van der Waals surface area contributed by atoms with Gasteiger partial charge in [-0.3, -0.25) is 9.69 Å². The molecule has 4 rings (SSSR count). The molecule has 0 saturated carbocycles. The molecule has 0 bridgehead atoms. The number of rotatable bonds is 4. The maximum Gasteiger partial charge on any atom is 0.242 e. The molecule has 2 unspecified atom stereocenters. The molecule has 164 valence electrons. The maximum atomic E-state index is 13.5. The molecule has 1 fully saturated rings. The number of benzene rings is 2. The fraction of sp³-hybridized carbons (Fsp3) is 0.435. The molecule has 0 spiro atoms. The molecular formula is C23H32Cl2N4O. The Kier molecular flexibility index (Phi) is 8.98. The van der Waals surface area contributed by atoms with Crippen LogP contribution in [-0.4, -0.2) is 48.9 Å². The van der Waals surface area contributed by atoms with Crippen LogP contribution >= 0.6 is 24.8 Å². The summed E-state index contributed by atoms with van der Waals surface area (Å²) in [7, 11) is 2.14. The SMILES string of the molecule is CN1CCN(C(C(=O)NC2CCCc3cc(N)ccc32)c2ccccc2)CC1.Cl.Cl. The van der Waals surface area contributed by atoms with Crippen LogP contribution < -0.4 is 11.1 Å². The van der Waals surface area contributed by atoms with E-state index in [4.69, 9.17) is 5.73 Å². The zero-order valence-corrected chi connectivity index (χ0v) is 19.1. The first-order valence-electron chi connectivity index (χ1n) is 10.3. The number of nitrogens with two attached hydrogens (primary N) is 1. The lowest BCUT2D eigenvalue weighted by Crippen LogP contribution is -2.50. The summed E-state index contributed by atoms with van der Waals surface area (Å²) in [6.07, 6.45) is 3.09. The molecule has 1 aliphatic heterocycles. The Bertz CT molecular complexity index is 825. The number of likely N-dealkylation sites (N-methyl/N-ethyl adjacent to an activating group) is 1. The second-order valence-electron chi connectivity index (χ2n) is 8.06. The number of hydrogen-bond acceptors (Lipinski definition) is 4. The van der Waals surface area contributed by atoms with Crippen molar-refractivity contribution in [3.05, 3.63) is 65.2 Å². The Morgan fingerprint density at radius 2 is 1.77 bits per heavy atom. The van der Waals surface area contributed by atoms with Crippen molar-refractivity contribution in [2.45, 2.75) is 31.3 Å². The average Bonchev–Trinajstić information content (AvgIpc) is 2.70. The number of carbonyl (C=O) groups excluding carboxylic acids is 1. The summed E-state index contributed by atoms with van der Waals surface area (Å²) in [6, 6.07) is 16.1. The van der Waals surface area contributed by atoms with Crippen molar-refractivity contribution in [1.82, 2.24) is 15.1 Å². The van der Waals surface area contributed by atoms with Gasteiger partial charge in [0.2, 0.25) is 5.91 Å². The standard InChI is InChI=1S/C23H30N4O.2ClH/c1-26-12-14-27(15-13-26)22(17-6-3-2-4-7-17)23(28)25-21-9-5-8-18-16-19(24)10-11-20(18)21;;/h2-4,6-7,10-11,16,21-22H,5,8-9,12-15,24H2,1H3,(H,25,28);2*1H. The van der Waals surface area contributed by atoms with Crippen LogP contribution in [0.3, 0.4) is 0 Å².